The van der Waals surface area contributed by atoms with E-state index in [0.29, 0.717) is 18.4 Å². The zero-order valence-corrected chi connectivity index (χ0v) is 15.2. The first kappa shape index (κ1) is 21.3. The molecule has 2 amide bonds. The zero-order valence-electron chi connectivity index (χ0n) is 15.2. The fraction of sp³-hybridized carbons (Fsp3) is 0.824. The molecule has 7 nitrogen and oxygen atoms in total. The summed E-state index contributed by atoms with van der Waals surface area (Å²) in [4.78, 5) is 36.8. The Labute approximate surface area is 155 Å². The van der Waals surface area contributed by atoms with Crippen molar-refractivity contribution in [2.45, 2.75) is 51.2 Å². The summed E-state index contributed by atoms with van der Waals surface area (Å²) in [5.74, 6) is -0.171. The maximum atomic E-state index is 12.4. The number of likely N-dealkylation sites (tertiary alicyclic amines) is 1. The minimum Gasteiger partial charge on any atom is -0.454 e. The first-order valence-corrected chi connectivity index (χ1v) is 9.10. The maximum absolute atomic E-state index is 12.4. The van der Waals surface area contributed by atoms with E-state index in [-0.39, 0.29) is 11.9 Å². The molecule has 2 fully saturated rings. The van der Waals surface area contributed by atoms with E-state index >= 15 is 0 Å². The van der Waals surface area contributed by atoms with Crippen molar-refractivity contribution in [3.63, 3.8) is 0 Å². The molecule has 0 spiro atoms. The van der Waals surface area contributed by atoms with Gasteiger partial charge in [0.1, 0.15) is 6.54 Å². The third kappa shape index (κ3) is 6.59. The molecule has 1 aliphatic carbocycles. The molecule has 2 aliphatic rings. The number of fused-ring (bicyclic) bond motifs is 1. The Morgan fingerprint density at radius 2 is 1.81 bits per heavy atom. The molecule has 1 aliphatic heterocycles. The predicted molar refractivity (Wildman–Crippen MR) is 87.6 cm³/mol. The molecule has 27 heavy (non-hydrogen) atoms. The monoisotopic (exact) mass is 394 g/mol. The van der Waals surface area contributed by atoms with Gasteiger partial charge in [-0.2, -0.15) is 13.2 Å². The van der Waals surface area contributed by atoms with Crippen LogP contribution in [0.2, 0.25) is 0 Å². The molecule has 154 valence electrons. The number of hydrogen-bond acceptors (Lipinski definition) is 5. The minimum absolute atomic E-state index is 0.171. The first-order chi connectivity index (χ1) is 12.7. The Balaban J connectivity index is 1.71. The largest absolute Gasteiger partial charge is 0.454 e. The minimum atomic E-state index is -4.65. The van der Waals surface area contributed by atoms with Gasteiger partial charge in [0.15, 0.2) is 13.2 Å². The number of ether oxygens (including phenoxy) is 2. The molecule has 10 heteroatoms. The van der Waals surface area contributed by atoms with Crippen LogP contribution in [0, 0.1) is 11.8 Å². The molecule has 1 saturated carbocycles. The average Bonchev–Trinajstić information content (AvgIpc) is 2.62. The number of nitrogens with one attached hydrogen (secondary N) is 1. The third-order valence-electron chi connectivity index (χ3n) is 5.16. The summed E-state index contributed by atoms with van der Waals surface area (Å²) in [5, 5.41) is 1.85. The maximum Gasteiger partial charge on any atom is 0.422 e. The van der Waals surface area contributed by atoms with Crippen LogP contribution in [0.5, 0.6) is 0 Å². The number of carbonyl (C=O) groups is 3. The van der Waals surface area contributed by atoms with Crippen molar-refractivity contribution in [2.75, 3.05) is 26.3 Å². The van der Waals surface area contributed by atoms with Gasteiger partial charge >= 0.3 is 18.2 Å². The molecule has 3 atom stereocenters. The van der Waals surface area contributed by atoms with E-state index in [4.69, 9.17) is 4.74 Å². The molecule has 0 radical (unpaired) electrons. The number of halogens is 3. The van der Waals surface area contributed by atoms with Crippen LogP contribution in [0.4, 0.5) is 18.0 Å². The summed E-state index contributed by atoms with van der Waals surface area (Å²) >= 11 is 0. The van der Waals surface area contributed by atoms with Gasteiger partial charge in [0, 0.05) is 12.6 Å². The lowest BCUT2D eigenvalue weighted by molar-refractivity contribution is -0.160. The van der Waals surface area contributed by atoms with Crippen molar-refractivity contribution in [1.82, 2.24) is 10.2 Å². The smallest absolute Gasteiger partial charge is 0.422 e. The molecule has 1 heterocycles. The van der Waals surface area contributed by atoms with E-state index in [2.05, 4.69) is 11.7 Å². The molecule has 1 saturated heterocycles. The predicted octanol–water partition coefficient (Wildman–Crippen LogP) is 2.25. The van der Waals surface area contributed by atoms with Crippen LogP contribution < -0.4 is 5.32 Å². The highest BCUT2D eigenvalue weighted by molar-refractivity contribution is 5.83. The summed E-state index contributed by atoms with van der Waals surface area (Å²) in [6, 6.07) is 0.171. The summed E-state index contributed by atoms with van der Waals surface area (Å²) in [6.07, 6.45) is -0.841. The highest BCUT2D eigenvalue weighted by Gasteiger charge is 2.39. The Kier molecular flexibility index (Phi) is 7.32. The van der Waals surface area contributed by atoms with Crippen molar-refractivity contribution in [3.05, 3.63) is 0 Å². The Hall–Kier alpha value is -2.00. The van der Waals surface area contributed by atoms with Gasteiger partial charge in [0.05, 0.1) is 0 Å². The van der Waals surface area contributed by atoms with E-state index in [1.54, 1.807) is 4.90 Å². The molecule has 0 aromatic rings. The van der Waals surface area contributed by atoms with E-state index in [0.717, 1.165) is 25.7 Å². The van der Waals surface area contributed by atoms with Gasteiger partial charge in [-0.25, -0.2) is 4.79 Å². The van der Waals surface area contributed by atoms with Crippen LogP contribution in [0.3, 0.4) is 0 Å². The molecular weight excluding hydrogens is 369 g/mol. The van der Waals surface area contributed by atoms with Crippen LogP contribution in [0.1, 0.15) is 39.0 Å². The quantitative estimate of drug-likeness (QED) is 0.723. The van der Waals surface area contributed by atoms with Crippen molar-refractivity contribution >= 4 is 18.0 Å². The molecule has 0 bridgehead atoms. The molecular formula is C17H25F3N2O5. The lowest BCUT2D eigenvalue weighted by Crippen LogP contribution is -2.53. The third-order valence-corrected chi connectivity index (χ3v) is 5.16. The number of amides is 2. The number of esters is 1. The molecule has 2 rings (SSSR count). The van der Waals surface area contributed by atoms with E-state index in [9.17, 15) is 27.6 Å². The fourth-order valence-corrected chi connectivity index (χ4v) is 3.84. The van der Waals surface area contributed by atoms with Gasteiger partial charge in [-0.15, -0.1) is 0 Å². The number of carbonyl (C=O) groups excluding carboxylic acids is 3. The van der Waals surface area contributed by atoms with Gasteiger partial charge < -0.3 is 19.7 Å². The van der Waals surface area contributed by atoms with Crippen molar-refractivity contribution in [2.24, 2.45) is 11.8 Å². The fourth-order valence-electron chi connectivity index (χ4n) is 3.84. The highest BCUT2D eigenvalue weighted by Crippen LogP contribution is 2.38. The summed E-state index contributed by atoms with van der Waals surface area (Å²) in [7, 11) is 0. The normalized spacial score (nSPS) is 25.3. The van der Waals surface area contributed by atoms with Crippen molar-refractivity contribution < 1.29 is 37.0 Å². The second-order valence-corrected chi connectivity index (χ2v) is 7.07. The molecule has 0 aromatic heterocycles. The number of piperidine rings is 1. The first-order valence-electron chi connectivity index (χ1n) is 9.10. The summed E-state index contributed by atoms with van der Waals surface area (Å²) in [6.45, 7) is -0.0415. The van der Waals surface area contributed by atoms with Gasteiger partial charge in [0.2, 0.25) is 0 Å². The van der Waals surface area contributed by atoms with E-state index < -0.39 is 38.0 Å². The number of nitrogens with zero attached hydrogens (tertiary/aromatic N) is 1. The Bertz CT molecular complexity index is 555. The topological polar surface area (TPSA) is 84.9 Å². The van der Waals surface area contributed by atoms with Crippen LogP contribution in [0.25, 0.3) is 0 Å². The number of alkyl carbamates (subject to hydrolysis) is 1. The summed E-state index contributed by atoms with van der Waals surface area (Å²) in [5.41, 5.74) is 0. The van der Waals surface area contributed by atoms with Crippen molar-refractivity contribution in [1.29, 1.82) is 0 Å². The average molecular weight is 394 g/mol. The highest BCUT2D eigenvalue weighted by atomic mass is 19.4. The van der Waals surface area contributed by atoms with Crippen molar-refractivity contribution in [3.8, 4) is 0 Å². The van der Waals surface area contributed by atoms with Crippen LogP contribution >= 0.6 is 0 Å². The number of rotatable bonds is 5. The zero-order chi connectivity index (χ0) is 20.0. The Morgan fingerprint density at radius 1 is 1.11 bits per heavy atom. The van der Waals surface area contributed by atoms with Gasteiger partial charge in [-0.05, 0) is 31.1 Å². The Morgan fingerprint density at radius 3 is 2.52 bits per heavy atom. The van der Waals surface area contributed by atoms with Gasteiger partial charge in [0.25, 0.3) is 5.91 Å². The summed E-state index contributed by atoms with van der Waals surface area (Å²) < 4.78 is 44.4. The lowest BCUT2D eigenvalue weighted by atomic mass is 9.72. The van der Waals surface area contributed by atoms with Crippen LogP contribution in [0.15, 0.2) is 0 Å². The molecule has 0 aromatic carbocycles. The lowest BCUT2D eigenvalue weighted by Gasteiger charge is -2.47. The van der Waals surface area contributed by atoms with Gasteiger partial charge in [-0.1, -0.05) is 19.8 Å². The number of hydrogen-bond donors (Lipinski definition) is 1. The van der Waals surface area contributed by atoms with E-state index in [1.807, 2.05) is 5.32 Å². The molecule has 3 unspecified atom stereocenters. The SMILES string of the molecule is CC1CCN(C(=O)COC(=O)CNC(=O)OCC(F)(F)F)C2CCCCC12. The van der Waals surface area contributed by atoms with Crippen LogP contribution in [-0.2, 0) is 19.1 Å². The van der Waals surface area contributed by atoms with Gasteiger partial charge in [-0.3, -0.25) is 9.59 Å². The second-order valence-electron chi connectivity index (χ2n) is 7.07. The standard InChI is InChI=1S/C17H25F3N2O5/c1-11-6-7-22(13-5-3-2-4-12(11)13)14(23)9-26-15(24)8-21-16(25)27-10-17(18,19)20/h11-13H,2-10H2,1H3,(H,21,25). The number of alkyl halides is 3. The molecule has 1 N–H and O–H groups in total. The van der Waals surface area contributed by atoms with Crippen LogP contribution in [-0.4, -0.2) is 61.4 Å². The second kappa shape index (κ2) is 9.27. The van der Waals surface area contributed by atoms with E-state index in [1.165, 1.54) is 6.42 Å².